The van der Waals surface area contributed by atoms with E-state index < -0.39 is 0 Å². The number of nitrogens with zero attached hydrogens (tertiary/aromatic N) is 2. The first-order chi connectivity index (χ1) is 13.0. The lowest BCUT2D eigenvalue weighted by Crippen LogP contribution is -2.29. The molecule has 0 aromatic heterocycles. The van der Waals surface area contributed by atoms with Crippen molar-refractivity contribution in [3.05, 3.63) is 64.7 Å². The molecule has 0 atom stereocenters. The summed E-state index contributed by atoms with van der Waals surface area (Å²) in [6, 6.07) is 12.9. The number of hydrogen-bond acceptors (Lipinski definition) is 4. The number of aryl methyl sites for hydroxylation is 1. The van der Waals surface area contributed by atoms with Crippen LogP contribution < -0.4 is 5.43 Å². The molecular formula is C22H27N3O2. The van der Waals surface area contributed by atoms with E-state index in [-0.39, 0.29) is 5.91 Å². The number of benzene rings is 2. The zero-order valence-corrected chi connectivity index (χ0v) is 16.0. The fourth-order valence-electron chi connectivity index (χ4n) is 3.26. The van der Waals surface area contributed by atoms with Crippen molar-refractivity contribution in [1.82, 2.24) is 10.3 Å². The van der Waals surface area contributed by atoms with Gasteiger partial charge in [-0.25, -0.2) is 5.43 Å². The molecule has 0 spiro atoms. The molecule has 1 heterocycles. The molecular weight excluding hydrogens is 338 g/mol. The molecule has 27 heavy (non-hydrogen) atoms. The number of rotatable bonds is 5. The van der Waals surface area contributed by atoms with Crippen molar-refractivity contribution in [3.8, 4) is 5.75 Å². The predicted octanol–water partition coefficient (Wildman–Crippen LogP) is 3.84. The summed E-state index contributed by atoms with van der Waals surface area (Å²) in [5.41, 5.74) is 6.79. The molecule has 0 aliphatic carbocycles. The first-order valence-electron chi connectivity index (χ1n) is 9.49. The number of hydrogen-bond donors (Lipinski definition) is 2. The van der Waals surface area contributed by atoms with E-state index >= 15 is 0 Å². The monoisotopic (exact) mass is 365 g/mol. The van der Waals surface area contributed by atoms with Crippen molar-refractivity contribution in [3.63, 3.8) is 0 Å². The number of likely N-dealkylation sites (tertiary alicyclic amines) is 1. The van der Waals surface area contributed by atoms with Crippen LogP contribution in [0.2, 0.25) is 0 Å². The van der Waals surface area contributed by atoms with Gasteiger partial charge in [-0.2, -0.15) is 5.10 Å². The fraction of sp³-hybridized carbons (Fsp3) is 0.364. The molecule has 3 rings (SSSR count). The minimum Gasteiger partial charge on any atom is -0.508 e. The molecule has 1 saturated heterocycles. The van der Waals surface area contributed by atoms with E-state index in [9.17, 15) is 9.90 Å². The van der Waals surface area contributed by atoms with Crippen LogP contribution in [-0.4, -0.2) is 34.7 Å². The van der Waals surface area contributed by atoms with Crippen molar-refractivity contribution < 1.29 is 9.90 Å². The van der Waals surface area contributed by atoms with E-state index in [4.69, 9.17) is 0 Å². The first-order valence-corrected chi connectivity index (χ1v) is 9.49. The van der Waals surface area contributed by atoms with Crippen molar-refractivity contribution in [1.29, 1.82) is 0 Å². The third kappa shape index (κ3) is 5.17. The summed E-state index contributed by atoms with van der Waals surface area (Å²) in [6.45, 7) is 6.72. The molecule has 2 aromatic rings. The highest BCUT2D eigenvalue weighted by Crippen LogP contribution is 2.22. The average Bonchev–Trinajstić information content (AvgIpc) is 2.69. The van der Waals surface area contributed by atoms with Gasteiger partial charge in [0.25, 0.3) is 5.91 Å². The maximum absolute atomic E-state index is 12.2. The second kappa shape index (κ2) is 8.82. The number of phenols is 1. The topological polar surface area (TPSA) is 64.9 Å². The van der Waals surface area contributed by atoms with Gasteiger partial charge < -0.3 is 5.11 Å². The highest BCUT2D eigenvalue weighted by molar-refractivity contribution is 6.01. The Labute approximate surface area is 160 Å². The molecule has 1 amide bonds. The number of aromatic hydroxyl groups is 1. The second-order valence-electron chi connectivity index (χ2n) is 7.18. The van der Waals surface area contributed by atoms with Crippen LogP contribution in [0.4, 0.5) is 0 Å². The Balaban J connectivity index is 1.68. The van der Waals surface area contributed by atoms with Crippen LogP contribution in [0.5, 0.6) is 5.75 Å². The summed E-state index contributed by atoms with van der Waals surface area (Å²) in [5, 5.41) is 14.4. The molecule has 1 fully saturated rings. The molecule has 142 valence electrons. The molecule has 0 unspecified atom stereocenters. The largest absolute Gasteiger partial charge is 0.508 e. The first kappa shape index (κ1) is 19.1. The Hall–Kier alpha value is -2.66. The van der Waals surface area contributed by atoms with Crippen LogP contribution in [-0.2, 0) is 6.54 Å². The normalized spacial score (nSPS) is 15.6. The zero-order chi connectivity index (χ0) is 19.2. The number of carbonyl (C=O) groups excluding carboxylic acids is 1. The number of amides is 1. The number of hydrazone groups is 1. The summed E-state index contributed by atoms with van der Waals surface area (Å²) in [6.07, 6.45) is 3.72. The maximum atomic E-state index is 12.2. The van der Waals surface area contributed by atoms with Crippen LogP contribution in [0, 0.1) is 6.92 Å². The molecule has 2 N–H and O–H groups in total. The quantitative estimate of drug-likeness (QED) is 0.625. The smallest absolute Gasteiger partial charge is 0.271 e. The standard InChI is InChI=1S/C22H27N3O2/c1-16-6-8-18(9-7-16)22(27)24-23-17(2)19-10-11-21(26)20(14-19)15-25-12-4-3-5-13-25/h6-11,14,26H,3-5,12-13,15H2,1-2H3,(H,24,27)/b23-17+. The summed E-state index contributed by atoms with van der Waals surface area (Å²) in [5.74, 6) is 0.0717. The summed E-state index contributed by atoms with van der Waals surface area (Å²) in [4.78, 5) is 14.6. The minimum absolute atomic E-state index is 0.235. The third-order valence-corrected chi connectivity index (χ3v) is 4.98. The number of nitrogens with one attached hydrogen (secondary N) is 1. The van der Waals surface area contributed by atoms with Crippen LogP contribution in [0.3, 0.4) is 0 Å². The third-order valence-electron chi connectivity index (χ3n) is 4.98. The van der Waals surface area contributed by atoms with E-state index in [0.717, 1.165) is 36.3 Å². The van der Waals surface area contributed by atoms with Crippen LogP contribution in [0.1, 0.15) is 53.2 Å². The van der Waals surface area contributed by atoms with Gasteiger partial charge in [-0.3, -0.25) is 9.69 Å². The molecule has 0 bridgehead atoms. The Kier molecular flexibility index (Phi) is 6.24. The van der Waals surface area contributed by atoms with E-state index in [1.165, 1.54) is 19.3 Å². The lowest BCUT2D eigenvalue weighted by Gasteiger charge is -2.26. The highest BCUT2D eigenvalue weighted by atomic mass is 16.3. The predicted molar refractivity (Wildman–Crippen MR) is 108 cm³/mol. The van der Waals surface area contributed by atoms with E-state index in [0.29, 0.717) is 17.0 Å². The molecule has 0 radical (unpaired) electrons. The molecule has 0 saturated carbocycles. The van der Waals surface area contributed by atoms with Gasteiger partial charge in [0.1, 0.15) is 5.75 Å². The van der Waals surface area contributed by atoms with Crippen molar-refractivity contribution in [2.45, 2.75) is 39.7 Å². The Morgan fingerprint density at radius 1 is 1.07 bits per heavy atom. The molecule has 5 heteroatoms. The van der Waals surface area contributed by atoms with Crippen LogP contribution >= 0.6 is 0 Å². The average molecular weight is 365 g/mol. The van der Waals surface area contributed by atoms with E-state index in [2.05, 4.69) is 15.4 Å². The van der Waals surface area contributed by atoms with Gasteiger partial charge in [0, 0.05) is 17.7 Å². The molecule has 1 aliphatic heterocycles. The summed E-state index contributed by atoms with van der Waals surface area (Å²) < 4.78 is 0. The van der Waals surface area contributed by atoms with Gasteiger partial charge in [-0.15, -0.1) is 0 Å². The summed E-state index contributed by atoms with van der Waals surface area (Å²) in [7, 11) is 0. The molecule has 1 aliphatic rings. The SMILES string of the molecule is C/C(=N\NC(=O)c1ccc(C)cc1)c1ccc(O)c(CN2CCCCC2)c1. The lowest BCUT2D eigenvalue weighted by molar-refractivity contribution is 0.0955. The van der Waals surface area contributed by atoms with Gasteiger partial charge >= 0.3 is 0 Å². The van der Waals surface area contributed by atoms with Gasteiger partial charge in [0.15, 0.2) is 0 Å². The van der Waals surface area contributed by atoms with Crippen molar-refractivity contribution in [2.75, 3.05) is 13.1 Å². The highest BCUT2D eigenvalue weighted by Gasteiger charge is 2.13. The Bertz CT molecular complexity index is 822. The second-order valence-corrected chi connectivity index (χ2v) is 7.18. The maximum Gasteiger partial charge on any atom is 0.271 e. The summed E-state index contributed by atoms with van der Waals surface area (Å²) >= 11 is 0. The Morgan fingerprint density at radius 3 is 2.44 bits per heavy atom. The van der Waals surface area contributed by atoms with Gasteiger partial charge in [0.05, 0.1) is 5.71 Å². The van der Waals surface area contributed by atoms with Gasteiger partial charge in [-0.1, -0.05) is 24.1 Å². The Morgan fingerprint density at radius 2 is 1.74 bits per heavy atom. The van der Waals surface area contributed by atoms with Crippen LogP contribution in [0.15, 0.2) is 47.6 Å². The number of carbonyl (C=O) groups is 1. The van der Waals surface area contributed by atoms with E-state index in [1.54, 1.807) is 18.2 Å². The van der Waals surface area contributed by atoms with Crippen molar-refractivity contribution >= 4 is 11.6 Å². The van der Waals surface area contributed by atoms with Gasteiger partial charge in [-0.05, 0) is 75.7 Å². The lowest BCUT2D eigenvalue weighted by atomic mass is 10.0. The van der Waals surface area contributed by atoms with Crippen LogP contribution in [0.25, 0.3) is 0 Å². The molecule has 2 aromatic carbocycles. The molecule has 5 nitrogen and oxygen atoms in total. The van der Waals surface area contributed by atoms with Gasteiger partial charge in [0.2, 0.25) is 0 Å². The van der Waals surface area contributed by atoms with Crippen molar-refractivity contribution in [2.24, 2.45) is 5.10 Å². The number of phenolic OH excluding ortho intramolecular Hbond substituents is 1. The van der Waals surface area contributed by atoms with E-state index in [1.807, 2.05) is 38.1 Å². The minimum atomic E-state index is -0.235. The fourth-order valence-corrected chi connectivity index (χ4v) is 3.26. The number of piperidine rings is 1. The zero-order valence-electron chi connectivity index (χ0n) is 16.0.